The van der Waals surface area contributed by atoms with E-state index in [1.807, 2.05) is 59.5 Å². The Bertz CT molecular complexity index is 851. The number of carbonyl (C=O) groups excluding carboxylic acids is 2. The molecule has 0 spiro atoms. The topological polar surface area (TPSA) is 40.6 Å². The Kier molecular flexibility index (Phi) is 6.09. The fourth-order valence-corrected chi connectivity index (χ4v) is 3.97. The van der Waals surface area contributed by atoms with Crippen LogP contribution < -0.4 is 0 Å². The minimum atomic E-state index is 0.0291. The predicted octanol–water partition coefficient (Wildman–Crippen LogP) is 4.13. The van der Waals surface area contributed by atoms with Crippen LogP contribution >= 0.6 is 0 Å². The summed E-state index contributed by atoms with van der Waals surface area (Å²) in [4.78, 5) is 29.6. The molecule has 4 rings (SSSR count). The zero-order valence-electron chi connectivity index (χ0n) is 16.7. The molecule has 0 radical (unpaired) electrons. The van der Waals surface area contributed by atoms with Crippen LogP contribution in [0.4, 0.5) is 0 Å². The molecule has 29 heavy (non-hydrogen) atoms. The molecule has 1 saturated heterocycles. The second-order valence-corrected chi connectivity index (χ2v) is 8.03. The van der Waals surface area contributed by atoms with E-state index in [-0.39, 0.29) is 17.7 Å². The highest BCUT2D eigenvalue weighted by Crippen LogP contribution is 2.32. The van der Waals surface area contributed by atoms with E-state index in [4.69, 9.17) is 0 Å². The van der Waals surface area contributed by atoms with E-state index in [1.54, 1.807) is 6.08 Å². The van der Waals surface area contributed by atoms with Gasteiger partial charge in [-0.3, -0.25) is 9.59 Å². The van der Waals surface area contributed by atoms with Crippen molar-refractivity contribution < 1.29 is 9.59 Å². The van der Waals surface area contributed by atoms with Crippen LogP contribution in [0.15, 0.2) is 66.7 Å². The number of hydrogen-bond donors (Lipinski definition) is 0. The Hall–Kier alpha value is -2.88. The third-order valence-electron chi connectivity index (χ3n) is 5.84. The number of carbonyl (C=O) groups is 2. The van der Waals surface area contributed by atoms with Gasteiger partial charge in [-0.1, -0.05) is 60.7 Å². The predicted molar refractivity (Wildman–Crippen MR) is 115 cm³/mol. The summed E-state index contributed by atoms with van der Waals surface area (Å²) in [6.45, 7) is 2.00. The smallest absolute Gasteiger partial charge is 0.246 e. The summed E-state index contributed by atoms with van der Waals surface area (Å²) in [6, 6.07) is 20.5. The molecular weight excluding hydrogens is 360 g/mol. The maximum atomic E-state index is 13.2. The van der Waals surface area contributed by atoms with Crippen molar-refractivity contribution in [2.45, 2.75) is 38.3 Å². The molecule has 1 saturated carbocycles. The Labute approximate surface area is 172 Å². The third-order valence-corrected chi connectivity index (χ3v) is 5.84. The Morgan fingerprint density at radius 3 is 2.14 bits per heavy atom. The molecule has 0 unspecified atom stereocenters. The summed E-state index contributed by atoms with van der Waals surface area (Å²) in [5.74, 6) is 0.327. The summed E-state index contributed by atoms with van der Waals surface area (Å²) in [6.07, 6.45) is 7.22. The lowest BCUT2D eigenvalue weighted by Crippen LogP contribution is -2.44. The van der Waals surface area contributed by atoms with Gasteiger partial charge in [-0.15, -0.1) is 0 Å². The van der Waals surface area contributed by atoms with Crippen molar-refractivity contribution in [2.75, 3.05) is 13.1 Å². The lowest BCUT2D eigenvalue weighted by Gasteiger charge is -2.34. The number of rotatable bonds is 6. The fraction of sp³-hybridized carbons (Fsp3) is 0.360. The van der Waals surface area contributed by atoms with Crippen LogP contribution in [0, 0.1) is 5.92 Å². The zero-order valence-corrected chi connectivity index (χ0v) is 16.7. The number of nitrogens with zero attached hydrogens (tertiary/aromatic N) is 2. The van der Waals surface area contributed by atoms with Crippen LogP contribution in [0.3, 0.4) is 0 Å². The highest BCUT2D eigenvalue weighted by molar-refractivity contribution is 5.92. The second-order valence-electron chi connectivity index (χ2n) is 8.03. The molecule has 0 atom stereocenters. The number of benzene rings is 2. The maximum absolute atomic E-state index is 13.2. The molecule has 1 aliphatic heterocycles. The van der Waals surface area contributed by atoms with Crippen LogP contribution in [0.25, 0.3) is 6.08 Å². The van der Waals surface area contributed by atoms with Crippen molar-refractivity contribution >= 4 is 17.9 Å². The van der Waals surface area contributed by atoms with Gasteiger partial charge in [0.1, 0.15) is 0 Å². The van der Waals surface area contributed by atoms with Crippen molar-refractivity contribution in [1.29, 1.82) is 0 Å². The Morgan fingerprint density at radius 1 is 0.897 bits per heavy atom. The minimum absolute atomic E-state index is 0.0291. The van der Waals surface area contributed by atoms with Gasteiger partial charge in [0.2, 0.25) is 11.8 Å². The SMILES string of the molecule is O=C(/C=C/c1ccccc1)N1CCC(C(=O)N(Cc2ccccc2)C2CC2)CC1. The van der Waals surface area contributed by atoms with Gasteiger partial charge in [-0.2, -0.15) is 0 Å². The Morgan fingerprint density at radius 2 is 1.52 bits per heavy atom. The van der Waals surface area contributed by atoms with Gasteiger partial charge >= 0.3 is 0 Å². The van der Waals surface area contributed by atoms with E-state index in [0.717, 1.165) is 31.2 Å². The molecular formula is C25H28N2O2. The summed E-state index contributed by atoms with van der Waals surface area (Å²) in [7, 11) is 0. The fourth-order valence-electron chi connectivity index (χ4n) is 3.97. The summed E-state index contributed by atoms with van der Waals surface area (Å²) in [5, 5.41) is 0. The first-order valence-corrected chi connectivity index (χ1v) is 10.6. The summed E-state index contributed by atoms with van der Waals surface area (Å²) in [5.41, 5.74) is 2.21. The van der Waals surface area contributed by atoms with E-state index in [9.17, 15) is 9.59 Å². The Balaban J connectivity index is 1.31. The molecule has 0 aromatic heterocycles. The van der Waals surface area contributed by atoms with Gasteiger partial charge in [-0.05, 0) is 42.9 Å². The van der Waals surface area contributed by atoms with Crippen LogP contribution in [0.5, 0.6) is 0 Å². The first-order chi connectivity index (χ1) is 14.2. The molecule has 2 amide bonds. The lowest BCUT2D eigenvalue weighted by molar-refractivity contribution is -0.140. The van der Waals surface area contributed by atoms with E-state index in [1.165, 1.54) is 5.56 Å². The molecule has 0 bridgehead atoms. The highest BCUT2D eigenvalue weighted by Gasteiger charge is 2.37. The van der Waals surface area contributed by atoms with Gasteiger partial charge in [0.25, 0.3) is 0 Å². The molecule has 2 fully saturated rings. The molecule has 1 aliphatic carbocycles. The van der Waals surface area contributed by atoms with Crippen molar-refractivity contribution in [3.63, 3.8) is 0 Å². The van der Waals surface area contributed by atoms with Crippen LogP contribution in [-0.2, 0) is 16.1 Å². The zero-order chi connectivity index (χ0) is 20.1. The van der Waals surface area contributed by atoms with Gasteiger partial charge in [0.05, 0.1) is 0 Å². The van der Waals surface area contributed by atoms with E-state index in [2.05, 4.69) is 17.0 Å². The molecule has 0 N–H and O–H groups in total. The quantitative estimate of drug-likeness (QED) is 0.698. The van der Waals surface area contributed by atoms with Crippen LogP contribution in [-0.4, -0.2) is 40.7 Å². The molecule has 4 nitrogen and oxygen atoms in total. The highest BCUT2D eigenvalue weighted by atomic mass is 16.2. The molecule has 150 valence electrons. The second kappa shape index (κ2) is 9.08. The number of hydrogen-bond acceptors (Lipinski definition) is 2. The van der Waals surface area contributed by atoms with Crippen LogP contribution in [0.2, 0.25) is 0 Å². The van der Waals surface area contributed by atoms with Crippen LogP contribution in [0.1, 0.15) is 36.8 Å². The van der Waals surface area contributed by atoms with Gasteiger partial charge in [0.15, 0.2) is 0 Å². The average Bonchev–Trinajstić information content (AvgIpc) is 3.62. The number of amides is 2. The molecule has 2 aliphatic rings. The van der Waals surface area contributed by atoms with Gasteiger partial charge in [-0.25, -0.2) is 0 Å². The van der Waals surface area contributed by atoms with Gasteiger partial charge < -0.3 is 9.80 Å². The maximum Gasteiger partial charge on any atom is 0.246 e. The summed E-state index contributed by atoms with van der Waals surface area (Å²) < 4.78 is 0. The standard InChI is InChI=1S/C25H28N2O2/c28-24(14-11-20-7-3-1-4-8-20)26-17-15-22(16-18-26)25(29)27(23-12-13-23)19-21-9-5-2-6-10-21/h1-11,14,22-23H,12-13,15-19H2/b14-11+. The third kappa shape index (κ3) is 5.14. The first kappa shape index (κ1) is 19.4. The van der Waals surface area contributed by atoms with Crippen molar-refractivity contribution in [1.82, 2.24) is 9.80 Å². The van der Waals surface area contributed by atoms with Crippen molar-refractivity contribution in [3.8, 4) is 0 Å². The monoisotopic (exact) mass is 388 g/mol. The number of likely N-dealkylation sites (tertiary alicyclic amines) is 1. The van der Waals surface area contributed by atoms with Gasteiger partial charge in [0, 0.05) is 37.7 Å². The van der Waals surface area contributed by atoms with E-state index >= 15 is 0 Å². The summed E-state index contributed by atoms with van der Waals surface area (Å²) >= 11 is 0. The molecule has 2 aromatic rings. The molecule has 4 heteroatoms. The van der Waals surface area contributed by atoms with E-state index < -0.39 is 0 Å². The van der Waals surface area contributed by atoms with E-state index in [0.29, 0.717) is 25.7 Å². The minimum Gasteiger partial charge on any atom is -0.339 e. The average molecular weight is 389 g/mol. The molecule has 1 heterocycles. The lowest BCUT2D eigenvalue weighted by atomic mass is 9.94. The number of piperidine rings is 1. The molecule has 2 aromatic carbocycles. The van der Waals surface area contributed by atoms with Crippen molar-refractivity contribution in [3.05, 3.63) is 77.9 Å². The largest absolute Gasteiger partial charge is 0.339 e. The normalized spacial score (nSPS) is 17.4. The first-order valence-electron chi connectivity index (χ1n) is 10.6. The van der Waals surface area contributed by atoms with Crippen molar-refractivity contribution in [2.24, 2.45) is 5.92 Å².